The maximum absolute atomic E-state index is 12.6. The molecule has 4 aromatic rings. The van der Waals surface area contributed by atoms with Crippen LogP contribution in [0, 0.1) is 0 Å². The van der Waals surface area contributed by atoms with Gasteiger partial charge in [0, 0.05) is 15.6 Å². The van der Waals surface area contributed by atoms with Crippen molar-refractivity contribution in [1.82, 2.24) is 5.43 Å². The Kier molecular flexibility index (Phi) is 7.02. The maximum atomic E-state index is 12.6. The third kappa shape index (κ3) is 5.39. The Balaban J connectivity index is 1.34. The Hall–Kier alpha value is -3.68. The van der Waals surface area contributed by atoms with Gasteiger partial charge in [0.05, 0.1) is 17.8 Å². The standard InChI is InChI=1S/C25H19ClN2O4S/c1-2-31-18-13-9-17(10-14-18)24(29)28-27-15-16-7-11-19(12-8-16)32-25(30)23-22(26)20-5-3-4-6-21(20)33-23/h3-15H,2H2,1H3,(H,28,29)/b27-15+. The molecule has 0 saturated heterocycles. The lowest BCUT2D eigenvalue weighted by molar-refractivity contribution is 0.0739. The molecular formula is C25H19ClN2O4S. The van der Waals surface area contributed by atoms with Crippen molar-refractivity contribution in [3.8, 4) is 11.5 Å². The first-order valence-corrected chi connectivity index (χ1v) is 11.3. The van der Waals surface area contributed by atoms with Crippen LogP contribution in [0.2, 0.25) is 5.02 Å². The third-order valence-corrected chi connectivity index (χ3v) is 6.27. The van der Waals surface area contributed by atoms with Gasteiger partial charge < -0.3 is 9.47 Å². The number of rotatable bonds is 7. The Bertz CT molecular complexity index is 1310. The molecule has 0 bridgehead atoms. The second-order valence-electron chi connectivity index (χ2n) is 6.86. The van der Waals surface area contributed by atoms with Gasteiger partial charge in [0.25, 0.3) is 5.91 Å². The summed E-state index contributed by atoms with van der Waals surface area (Å²) in [5.41, 5.74) is 3.67. The summed E-state index contributed by atoms with van der Waals surface area (Å²) >= 11 is 7.64. The molecule has 1 amide bonds. The second kappa shape index (κ2) is 10.3. The van der Waals surface area contributed by atoms with E-state index >= 15 is 0 Å². The molecule has 33 heavy (non-hydrogen) atoms. The van der Waals surface area contributed by atoms with Gasteiger partial charge in [-0.3, -0.25) is 4.79 Å². The fourth-order valence-electron chi connectivity index (χ4n) is 3.02. The quantitative estimate of drug-likeness (QED) is 0.154. The normalized spacial score (nSPS) is 11.0. The molecule has 0 aliphatic rings. The highest BCUT2D eigenvalue weighted by atomic mass is 35.5. The van der Waals surface area contributed by atoms with E-state index in [1.54, 1.807) is 48.5 Å². The van der Waals surface area contributed by atoms with Crippen molar-refractivity contribution < 1.29 is 19.1 Å². The van der Waals surface area contributed by atoms with Crippen LogP contribution in [0.4, 0.5) is 0 Å². The molecule has 0 aliphatic carbocycles. The number of thiophene rings is 1. The third-order valence-electron chi connectivity index (χ3n) is 4.62. The second-order valence-corrected chi connectivity index (χ2v) is 8.29. The number of nitrogens with zero attached hydrogens (tertiary/aromatic N) is 1. The number of carbonyl (C=O) groups is 2. The zero-order valence-corrected chi connectivity index (χ0v) is 19.2. The number of nitrogens with one attached hydrogen (secondary N) is 1. The predicted molar refractivity (Wildman–Crippen MR) is 131 cm³/mol. The van der Waals surface area contributed by atoms with Gasteiger partial charge >= 0.3 is 5.97 Å². The zero-order valence-electron chi connectivity index (χ0n) is 17.6. The number of carbonyl (C=O) groups excluding carboxylic acids is 2. The van der Waals surface area contributed by atoms with Crippen LogP contribution in [0.3, 0.4) is 0 Å². The smallest absolute Gasteiger partial charge is 0.355 e. The number of fused-ring (bicyclic) bond motifs is 1. The Labute approximate surface area is 199 Å². The van der Waals surface area contributed by atoms with Gasteiger partial charge in [0.15, 0.2) is 0 Å². The van der Waals surface area contributed by atoms with Gasteiger partial charge in [0.2, 0.25) is 0 Å². The highest BCUT2D eigenvalue weighted by molar-refractivity contribution is 7.21. The molecule has 0 radical (unpaired) electrons. The van der Waals surface area contributed by atoms with Crippen molar-refractivity contribution in [2.45, 2.75) is 6.92 Å². The highest BCUT2D eigenvalue weighted by Gasteiger charge is 2.18. The van der Waals surface area contributed by atoms with E-state index in [0.717, 1.165) is 15.6 Å². The van der Waals surface area contributed by atoms with Crippen molar-refractivity contribution in [3.05, 3.63) is 93.8 Å². The summed E-state index contributed by atoms with van der Waals surface area (Å²) in [5.74, 6) is 0.238. The molecule has 0 fully saturated rings. The summed E-state index contributed by atoms with van der Waals surface area (Å²) < 4.78 is 11.7. The van der Waals surface area contributed by atoms with Gasteiger partial charge in [-0.15, -0.1) is 11.3 Å². The summed E-state index contributed by atoms with van der Waals surface area (Å²) in [6.45, 7) is 2.46. The minimum Gasteiger partial charge on any atom is -0.494 e. The van der Waals surface area contributed by atoms with E-state index in [2.05, 4.69) is 10.5 Å². The lowest BCUT2D eigenvalue weighted by Crippen LogP contribution is -2.17. The monoisotopic (exact) mass is 478 g/mol. The van der Waals surface area contributed by atoms with Crippen LogP contribution < -0.4 is 14.9 Å². The SMILES string of the molecule is CCOc1ccc(C(=O)N/N=C/c2ccc(OC(=O)c3sc4ccccc4c3Cl)cc2)cc1. The summed E-state index contributed by atoms with van der Waals surface area (Å²) in [5, 5.41) is 5.20. The van der Waals surface area contributed by atoms with Crippen molar-refractivity contribution in [3.63, 3.8) is 0 Å². The average molecular weight is 479 g/mol. The number of hydrazone groups is 1. The molecule has 166 valence electrons. The molecule has 0 unspecified atom stereocenters. The Morgan fingerprint density at radius 1 is 1.00 bits per heavy atom. The Morgan fingerprint density at radius 2 is 1.70 bits per heavy atom. The van der Waals surface area contributed by atoms with Gasteiger partial charge in [-0.25, -0.2) is 10.2 Å². The molecule has 1 aromatic heterocycles. The molecule has 3 aromatic carbocycles. The van der Waals surface area contributed by atoms with Crippen LogP contribution in [-0.4, -0.2) is 24.7 Å². The molecule has 0 atom stereocenters. The summed E-state index contributed by atoms with van der Waals surface area (Å²) in [4.78, 5) is 25.1. The predicted octanol–water partition coefficient (Wildman–Crippen LogP) is 5.94. The van der Waals surface area contributed by atoms with Crippen LogP contribution >= 0.6 is 22.9 Å². The van der Waals surface area contributed by atoms with Gasteiger partial charge in [0.1, 0.15) is 16.4 Å². The van der Waals surface area contributed by atoms with Crippen LogP contribution in [0.25, 0.3) is 10.1 Å². The zero-order chi connectivity index (χ0) is 23.2. The first-order chi connectivity index (χ1) is 16.0. The molecule has 0 spiro atoms. The van der Waals surface area contributed by atoms with Crippen molar-refractivity contribution in [1.29, 1.82) is 0 Å². The van der Waals surface area contributed by atoms with Crippen LogP contribution in [0.5, 0.6) is 11.5 Å². The molecule has 1 N–H and O–H groups in total. The number of hydrogen-bond donors (Lipinski definition) is 1. The van der Waals surface area contributed by atoms with Crippen molar-refractivity contribution >= 4 is 51.1 Å². The van der Waals surface area contributed by atoms with E-state index in [1.807, 2.05) is 31.2 Å². The minimum atomic E-state index is -0.509. The van der Waals surface area contributed by atoms with E-state index < -0.39 is 5.97 Å². The summed E-state index contributed by atoms with van der Waals surface area (Å²) in [6, 6.07) is 21.1. The van der Waals surface area contributed by atoms with Crippen LogP contribution in [0.1, 0.15) is 32.5 Å². The first-order valence-electron chi connectivity index (χ1n) is 10.1. The van der Waals surface area contributed by atoms with E-state index in [1.165, 1.54) is 17.6 Å². The number of benzene rings is 3. The molecule has 4 rings (SSSR count). The minimum absolute atomic E-state index is 0.333. The summed E-state index contributed by atoms with van der Waals surface area (Å²) in [6.07, 6.45) is 1.50. The van der Waals surface area contributed by atoms with Crippen LogP contribution in [0.15, 0.2) is 77.9 Å². The van der Waals surface area contributed by atoms with Crippen molar-refractivity contribution in [2.24, 2.45) is 5.10 Å². The lowest BCUT2D eigenvalue weighted by atomic mass is 10.2. The first kappa shape index (κ1) is 22.5. The molecule has 6 nitrogen and oxygen atoms in total. The topological polar surface area (TPSA) is 77.0 Å². The van der Waals surface area contributed by atoms with E-state index in [9.17, 15) is 9.59 Å². The van der Waals surface area contributed by atoms with Gasteiger partial charge in [-0.05, 0) is 67.1 Å². The van der Waals surface area contributed by atoms with E-state index in [4.69, 9.17) is 21.1 Å². The number of halogens is 1. The fourth-order valence-corrected chi connectivity index (χ4v) is 4.40. The number of esters is 1. The molecule has 0 aliphatic heterocycles. The van der Waals surface area contributed by atoms with Gasteiger partial charge in [-0.1, -0.05) is 29.8 Å². The molecule has 8 heteroatoms. The molecular weight excluding hydrogens is 460 g/mol. The van der Waals surface area contributed by atoms with Crippen LogP contribution in [-0.2, 0) is 0 Å². The summed E-state index contributed by atoms with van der Waals surface area (Å²) in [7, 11) is 0. The number of amides is 1. The number of ether oxygens (including phenoxy) is 2. The van der Waals surface area contributed by atoms with Crippen molar-refractivity contribution in [2.75, 3.05) is 6.61 Å². The number of hydrogen-bond acceptors (Lipinski definition) is 6. The fraction of sp³-hybridized carbons (Fsp3) is 0.0800. The van der Waals surface area contributed by atoms with Gasteiger partial charge in [-0.2, -0.15) is 5.10 Å². The molecule has 1 heterocycles. The lowest BCUT2D eigenvalue weighted by Gasteiger charge is -2.04. The highest BCUT2D eigenvalue weighted by Crippen LogP contribution is 2.35. The molecule has 0 saturated carbocycles. The van der Waals surface area contributed by atoms with E-state index in [0.29, 0.717) is 33.6 Å². The average Bonchev–Trinajstić information content (AvgIpc) is 3.17. The Morgan fingerprint density at radius 3 is 2.39 bits per heavy atom. The van der Waals surface area contributed by atoms with E-state index in [-0.39, 0.29) is 5.91 Å². The maximum Gasteiger partial charge on any atom is 0.355 e. The largest absolute Gasteiger partial charge is 0.494 e.